The highest BCUT2D eigenvalue weighted by molar-refractivity contribution is 7.99. The Balaban J connectivity index is 2.44. The molecular formula is C11H12ClN5OS. The monoisotopic (exact) mass is 297 g/mol. The summed E-state index contributed by atoms with van der Waals surface area (Å²) < 4.78 is 1.85. The van der Waals surface area contributed by atoms with Gasteiger partial charge in [-0.05, 0) is 36.9 Å². The Kier molecular flexibility index (Phi) is 3.96. The fourth-order valence-electron chi connectivity index (χ4n) is 1.42. The van der Waals surface area contributed by atoms with Crippen molar-refractivity contribution in [3.63, 3.8) is 0 Å². The molecule has 6 nitrogen and oxygen atoms in total. The summed E-state index contributed by atoms with van der Waals surface area (Å²) in [6.07, 6.45) is 0. The number of nitrogens with two attached hydrogens (primary N) is 1. The lowest BCUT2D eigenvalue weighted by Gasteiger charge is -2.08. The summed E-state index contributed by atoms with van der Waals surface area (Å²) in [5.41, 5.74) is 6.24. The molecule has 2 rings (SSSR count). The minimum atomic E-state index is 0.0260. The number of aryl methyl sites for hydroxylation is 1. The first-order valence-electron chi connectivity index (χ1n) is 5.34. The van der Waals surface area contributed by atoms with Gasteiger partial charge in [0.15, 0.2) is 11.0 Å². The quantitative estimate of drug-likeness (QED) is 0.391. The number of oxime groups is 1. The summed E-state index contributed by atoms with van der Waals surface area (Å²) in [6.45, 7) is 1.86. The van der Waals surface area contributed by atoms with Gasteiger partial charge in [-0.3, -0.25) is 0 Å². The molecule has 0 unspecified atom stereocenters. The summed E-state index contributed by atoms with van der Waals surface area (Å²) in [6, 6.07) is 5.12. The molecule has 0 aliphatic heterocycles. The SMILES string of the molecule is Cc1nnc(Sc2cc(Cl)ccc2C(N)=NO)n1C. The Bertz CT molecular complexity index is 640. The van der Waals surface area contributed by atoms with Crippen LogP contribution in [0.5, 0.6) is 0 Å². The molecule has 0 aliphatic carbocycles. The van der Waals surface area contributed by atoms with Crippen LogP contribution in [0.25, 0.3) is 0 Å². The van der Waals surface area contributed by atoms with Gasteiger partial charge in [0, 0.05) is 22.5 Å². The molecule has 100 valence electrons. The van der Waals surface area contributed by atoms with E-state index < -0.39 is 0 Å². The van der Waals surface area contributed by atoms with Crippen LogP contribution in [0.15, 0.2) is 33.4 Å². The maximum absolute atomic E-state index is 8.79. The predicted octanol–water partition coefficient (Wildman–Crippen LogP) is 2.02. The molecule has 1 aromatic carbocycles. The molecule has 0 aliphatic rings. The van der Waals surface area contributed by atoms with Gasteiger partial charge >= 0.3 is 0 Å². The van der Waals surface area contributed by atoms with Crippen molar-refractivity contribution in [2.45, 2.75) is 17.0 Å². The highest BCUT2D eigenvalue weighted by Gasteiger charge is 2.13. The van der Waals surface area contributed by atoms with Crippen molar-refractivity contribution < 1.29 is 5.21 Å². The highest BCUT2D eigenvalue weighted by Crippen LogP contribution is 2.31. The predicted molar refractivity (Wildman–Crippen MR) is 73.8 cm³/mol. The highest BCUT2D eigenvalue weighted by atomic mass is 35.5. The lowest BCUT2D eigenvalue weighted by molar-refractivity contribution is 0.318. The van der Waals surface area contributed by atoms with E-state index >= 15 is 0 Å². The van der Waals surface area contributed by atoms with Crippen LogP contribution in [0.3, 0.4) is 0 Å². The van der Waals surface area contributed by atoms with Crippen LogP contribution in [0.2, 0.25) is 5.02 Å². The number of hydrogen-bond donors (Lipinski definition) is 2. The second kappa shape index (κ2) is 5.50. The first-order chi connectivity index (χ1) is 9.02. The Hall–Kier alpha value is -1.73. The molecule has 0 amide bonds. The van der Waals surface area contributed by atoms with Crippen LogP contribution in [0.1, 0.15) is 11.4 Å². The zero-order valence-electron chi connectivity index (χ0n) is 10.3. The van der Waals surface area contributed by atoms with Gasteiger partial charge in [-0.25, -0.2) is 0 Å². The third-order valence-corrected chi connectivity index (χ3v) is 3.91. The number of nitrogens with zero attached hydrogens (tertiary/aromatic N) is 4. The third-order valence-electron chi connectivity index (χ3n) is 2.58. The van der Waals surface area contributed by atoms with Gasteiger partial charge in [0.2, 0.25) is 0 Å². The molecule has 0 fully saturated rings. The first-order valence-corrected chi connectivity index (χ1v) is 6.53. The van der Waals surface area contributed by atoms with Crippen molar-refractivity contribution >= 4 is 29.2 Å². The molecule has 0 radical (unpaired) electrons. The maximum Gasteiger partial charge on any atom is 0.195 e. The van der Waals surface area contributed by atoms with Gasteiger partial charge < -0.3 is 15.5 Å². The van der Waals surface area contributed by atoms with E-state index in [-0.39, 0.29) is 5.84 Å². The van der Waals surface area contributed by atoms with E-state index in [1.165, 1.54) is 11.8 Å². The van der Waals surface area contributed by atoms with Gasteiger partial charge in [0.05, 0.1) is 0 Å². The lowest BCUT2D eigenvalue weighted by Crippen LogP contribution is -2.14. The molecule has 2 aromatic rings. The number of halogens is 1. The van der Waals surface area contributed by atoms with Gasteiger partial charge in [-0.2, -0.15) is 0 Å². The van der Waals surface area contributed by atoms with Gasteiger partial charge in [0.25, 0.3) is 0 Å². The summed E-state index contributed by atoms with van der Waals surface area (Å²) in [7, 11) is 1.87. The van der Waals surface area contributed by atoms with E-state index in [4.69, 9.17) is 22.5 Å². The standard InChI is InChI=1S/C11H12ClN5OS/c1-6-14-15-11(17(6)2)19-9-5-7(12)3-4-8(9)10(13)16-18/h3-5,18H,1-2H3,(H2,13,16). The summed E-state index contributed by atoms with van der Waals surface area (Å²) >= 11 is 7.33. The van der Waals surface area contributed by atoms with Crippen LogP contribution < -0.4 is 5.73 Å². The van der Waals surface area contributed by atoms with E-state index in [9.17, 15) is 0 Å². The van der Waals surface area contributed by atoms with Crippen molar-refractivity contribution in [3.05, 3.63) is 34.6 Å². The van der Waals surface area contributed by atoms with E-state index in [0.29, 0.717) is 15.7 Å². The Morgan fingerprint density at radius 3 is 2.79 bits per heavy atom. The molecule has 0 atom stereocenters. The molecule has 0 bridgehead atoms. The average molecular weight is 298 g/mol. The third kappa shape index (κ3) is 2.82. The fourth-order valence-corrected chi connectivity index (χ4v) is 2.67. The van der Waals surface area contributed by atoms with E-state index in [2.05, 4.69) is 15.4 Å². The molecule has 0 saturated carbocycles. The number of amidine groups is 1. The number of benzene rings is 1. The van der Waals surface area contributed by atoms with Crippen LogP contribution in [-0.2, 0) is 7.05 Å². The van der Waals surface area contributed by atoms with Gasteiger partial charge in [0.1, 0.15) is 5.82 Å². The van der Waals surface area contributed by atoms with E-state index in [1.54, 1.807) is 18.2 Å². The maximum atomic E-state index is 8.79. The minimum absolute atomic E-state index is 0.0260. The summed E-state index contributed by atoms with van der Waals surface area (Å²) in [5.74, 6) is 0.827. The number of hydrogen-bond acceptors (Lipinski definition) is 5. The fraction of sp³-hybridized carbons (Fsp3) is 0.182. The van der Waals surface area contributed by atoms with Crippen molar-refractivity contribution in [2.24, 2.45) is 17.9 Å². The molecule has 19 heavy (non-hydrogen) atoms. The molecular weight excluding hydrogens is 286 g/mol. The van der Waals surface area contributed by atoms with Crippen LogP contribution in [-0.4, -0.2) is 25.8 Å². The topological polar surface area (TPSA) is 89.3 Å². The van der Waals surface area contributed by atoms with Crippen LogP contribution in [0, 0.1) is 6.92 Å². The zero-order chi connectivity index (χ0) is 14.0. The summed E-state index contributed by atoms with van der Waals surface area (Å²) in [5, 5.41) is 21.1. The normalized spacial score (nSPS) is 11.8. The van der Waals surface area contributed by atoms with Gasteiger partial charge in [-0.1, -0.05) is 16.8 Å². The molecule has 3 N–H and O–H groups in total. The summed E-state index contributed by atoms with van der Waals surface area (Å²) in [4.78, 5) is 0.748. The van der Waals surface area contributed by atoms with Crippen molar-refractivity contribution in [1.29, 1.82) is 0 Å². The molecule has 0 spiro atoms. The lowest BCUT2D eigenvalue weighted by atomic mass is 10.2. The van der Waals surface area contributed by atoms with Crippen LogP contribution in [0.4, 0.5) is 0 Å². The van der Waals surface area contributed by atoms with Crippen molar-refractivity contribution in [1.82, 2.24) is 14.8 Å². The Labute approximate surface area is 119 Å². The Morgan fingerprint density at radius 2 is 2.21 bits per heavy atom. The Morgan fingerprint density at radius 1 is 1.47 bits per heavy atom. The first kappa shape index (κ1) is 13.7. The van der Waals surface area contributed by atoms with E-state index in [1.807, 2.05) is 18.5 Å². The second-order valence-corrected chi connectivity index (χ2v) is 5.26. The average Bonchev–Trinajstić information content (AvgIpc) is 2.70. The number of aromatic nitrogens is 3. The molecule has 0 saturated heterocycles. The second-order valence-electron chi connectivity index (χ2n) is 3.82. The smallest absolute Gasteiger partial charge is 0.195 e. The largest absolute Gasteiger partial charge is 0.409 e. The van der Waals surface area contributed by atoms with E-state index in [0.717, 1.165) is 10.7 Å². The zero-order valence-corrected chi connectivity index (χ0v) is 11.9. The molecule has 8 heteroatoms. The van der Waals surface area contributed by atoms with Gasteiger partial charge in [-0.15, -0.1) is 10.2 Å². The van der Waals surface area contributed by atoms with Crippen LogP contribution >= 0.6 is 23.4 Å². The molecule has 1 aromatic heterocycles. The number of rotatable bonds is 3. The minimum Gasteiger partial charge on any atom is -0.409 e. The van der Waals surface area contributed by atoms with Crippen molar-refractivity contribution in [2.75, 3.05) is 0 Å². The van der Waals surface area contributed by atoms with Crippen molar-refractivity contribution in [3.8, 4) is 0 Å². The molecule has 1 heterocycles.